The lowest BCUT2D eigenvalue weighted by Crippen LogP contribution is -2.54. The number of piperazine rings is 1. The highest BCUT2D eigenvalue weighted by molar-refractivity contribution is 7.14. The van der Waals surface area contributed by atoms with Crippen molar-refractivity contribution >= 4 is 44.2 Å². The number of carbonyl (C=O) groups excluding carboxylic acids is 1. The van der Waals surface area contributed by atoms with Gasteiger partial charge in [-0.2, -0.15) is 0 Å². The molecule has 0 saturated carbocycles. The van der Waals surface area contributed by atoms with Crippen molar-refractivity contribution in [3.63, 3.8) is 0 Å². The number of imidazole rings is 1. The monoisotopic (exact) mass is 457 g/mol. The molecule has 1 aliphatic heterocycles. The topological polar surface area (TPSA) is 82.9 Å². The average molecular weight is 458 g/mol. The molecule has 8 nitrogen and oxygen atoms in total. The summed E-state index contributed by atoms with van der Waals surface area (Å²) >= 11 is 1.62. The van der Waals surface area contributed by atoms with E-state index in [1.807, 2.05) is 63.8 Å². The normalized spacial score (nSPS) is 16.7. The predicted octanol–water partition coefficient (Wildman–Crippen LogP) is 3.77. The zero-order chi connectivity index (χ0) is 22.4. The molecule has 0 radical (unpaired) electrons. The number of aromatic nitrogens is 5. The highest BCUT2D eigenvalue weighted by atomic mass is 32.1. The molecule has 1 amide bonds. The average Bonchev–Trinajstić information content (AvgIpc) is 3.57. The Morgan fingerprint density at radius 2 is 2.12 bits per heavy atom. The molecule has 6 rings (SSSR count). The van der Waals surface area contributed by atoms with Crippen molar-refractivity contribution in [2.75, 3.05) is 24.5 Å². The van der Waals surface area contributed by atoms with E-state index in [4.69, 9.17) is 4.98 Å². The highest BCUT2D eigenvalue weighted by Gasteiger charge is 2.30. The van der Waals surface area contributed by atoms with Crippen molar-refractivity contribution in [3.05, 3.63) is 60.5 Å². The zero-order valence-electron chi connectivity index (χ0n) is 18.2. The summed E-state index contributed by atoms with van der Waals surface area (Å²) in [6, 6.07) is 12.1. The Labute approximate surface area is 194 Å². The number of hydrogen-bond donors (Lipinski definition) is 1. The number of para-hydroxylation sites is 2. The van der Waals surface area contributed by atoms with Crippen LogP contribution in [0.2, 0.25) is 0 Å². The third kappa shape index (κ3) is 3.54. The van der Waals surface area contributed by atoms with Crippen molar-refractivity contribution in [1.82, 2.24) is 29.4 Å². The van der Waals surface area contributed by atoms with Gasteiger partial charge in [-0.3, -0.25) is 9.78 Å². The molecule has 1 saturated heterocycles. The number of H-pyrrole nitrogens is 1. The molecule has 0 bridgehead atoms. The van der Waals surface area contributed by atoms with E-state index in [2.05, 4.69) is 26.8 Å². The third-order valence-electron chi connectivity index (χ3n) is 6.28. The highest BCUT2D eigenvalue weighted by Crippen LogP contribution is 2.34. The second kappa shape index (κ2) is 8.00. The minimum Gasteiger partial charge on any atom is -0.358 e. The first-order chi connectivity index (χ1) is 16.2. The van der Waals surface area contributed by atoms with Gasteiger partial charge in [-0.1, -0.05) is 12.1 Å². The van der Waals surface area contributed by atoms with Gasteiger partial charge in [-0.05, 0) is 31.2 Å². The van der Waals surface area contributed by atoms with Gasteiger partial charge in [0.1, 0.15) is 17.2 Å². The summed E-state index contributed by atoms with van der Waals surface area (Å²) in [5, 5.41) is 2.19. The van der Waals surface area contributed by atoms with Gasteiger partial charge in [-0.15, -0.1) is 11.3 Å². The van der Waals surface area contributed by atoms with Crippen LogP contribution in [-0.4, -0.2) is 61.0 Å². The first-order valence-electron chi connectivity index (χ1n) is 11.0. The van der Waals surface area contributed by atoms with Crippen LogP contribution in [-0.2, 0) is 11.3 Å². The minimum atomic E-state index is 0.0943. The summed E-state index contributed by atoms with van der Waals surface area (Å²) in [5.74, 6) is 0.914. The fraction of sp³-hybridized carbons (Fsp3) is 0.250. The summed E-state index contributed by atoms with van der Waals surface area (Å²) < 4.78 is 1.98. The standard InChI is InChI=1S/C24H23N7OS/c1-16-13-30(24-22(26-15-33-24)23-27-18-4-2-3-5-19(18)28-23)10-11-31(16)21(32)14-29-9-7-17-6-8-25-12-20(17)29/h2-9,12,15-16H,10-11,13-14H2,1H3,(H,27,28)/t16-/m1/s1. The van der Waals surface area contributed by atoms with Gasteiger partial charge in [0.25, 0.3) is 0 Å². The number of anilines is 1. The molecule has 1 aromatic carbocycles. The molecular formula is C24H23N7OS. The van der Waals surface area contributed by atoms with Crippen LogP contribution in [0.15, 0.2) is 60.5 Å². The van der Waals surface area contributed by atoms with E-state index >= 15 is 0 Å². The fourth-order valence-corrected chi connectivity index (χ4v) is 5.44. The summed E-state index contributed by atoms with van der Waals surface area (Å²) in [4.78, 5) is 34.4. The fourth-order valence-electron chi connectivity index (χ4n) is 4.61. The number of carbonyl (C=O) groups is 1. The van der Waals surface area contributed by atoms with Gasteiger partial charge < -0.3 is 19.4 Å². The number of nitrogens with zero attached hydrogens (tertiary/aromatic N) is 6. The lowest BCUT2D eigenvalue weighted by atomic mass is 10.2. The van der Waals surface area contributed by atoms with Crippen LogP contribution in [0.1, 0.15) is 6.92 Å². The Balaban J connectivity index is 1.19. The van der Waals surface area contributed by atoms with Crippen LogP contribution < -0.4 is 4.90 Å². The SMILES string of the molecule is C[C@@H]1CN(c2scnc2-c2nc3ccccc3[nH]2)CCN1C(=O)Cn1ccc2ccncc21. The largest absolute Gasteiger partial charge is 0.358 e. The van der Waals surface area contributed by atoms with Gasteiger partial charge in [-0.25, -0.2) is 9.97 Å². The quantitative estimate of drug-likeness (QED) is 0.444. The van der Waals surface area contributed by atoms with Crippen LogP contribution in [0.4, 0.5) is 5.00 Å². The molecule has 5 heterocycles. The van der Waals surface area contributed by atoms with E-state index in [0.717, 1.165) is 51.5 Å². The molecule has 1 aliphatic rings. The van der Waals surface area contributed by atoms with Crippen molar-refractivity contribution in [1.29, 1.82) is 0 Å². The van der Waals surface area contributed by atoms with Crippen molar-refractivity contribution < 1.29 is 4.79 Å². The molecule has 166 valence electrons. The lowest BCUT2D eigenvalue weighted by Gasteiger charge is -2.40. The summed E-state index contributed by atoms with van der Waals surface area (Å²) in [5.41, 5.74) is 5.66. The predicted molar refractivity (Wildman–Crippen MR) is 130 cm³/mol. The number of pyridine rings is 1. The van der Waals surface area contributed by atoms with E-state index in [1.54, 1.807) is 17.5 Å². The smallest absolute Gasteiger partial charge is 0.242 e. The number of hydrogen-bond acceptors (Lipinski definition) is 6. The molecule has 0 spiro atoms. The molecule has 33 heavy (non-hydrogen) atoms. The first kappa shape index (κ1) is 19.9. The van der Waals surface area contributed by atoms with Crippen LogP contribution in [0.3, 0.4) is 0 Å². The minimum absolute atomic E-state index is 0.0943. The number of amides is 1. The number of aromatic amines is 1. The number of fused-ring (bicyclic) bond motifs is 2. The lowest BCUT2D eigenvalue weighted by molar-refractivity contribution is -0.134. The maximum Gasteiger partial charge on any atom is 0.242 e. The number of rotatable bonds is 4. The molecule has 4 aromatic heterocycles. The van der Waals surface area contributed by atoms with E-state index in [1.165, 1.54) is 0 Å². The molecule has 1 fully saturated rings. The molecule has 1 atom stereocenters. The Bertz CT molecular complexity index is 1420. The van der Waals surface area contributed by atoms with Gasteiger partial charge in [0, 0.05) is 43.5 Å². The summed E-state index contributed by atoms with van der Waals surface area (Å²) in [6.45, 7) is 4.63. The summed E-state index contributed by atoms with van der Waals surface area (Å²) in [7, 11) is 0. The Kier molecular flexibility index (Phi) is 4.83. The van der Waals surface area contributed by atoms with Crippen molar-refractivity contribution in [2.24, 2.45) is 0 Å². The molecule has 0 aliphatic carbocycles. The van der Waals surface area contributed by atoms with Crippen LogP contribution in [0.5, 0.6) is 0 Å². The second-order valence-electron chi connectivity index (χ2n) is 8.37. The Morgan fingerprint density at radius 3 is 3.00 bits per heavy atom. The van der Waals surface area contributed by atoms with Gasteiger partial charge >= 0.3 is 0 Å². The molecule has 5 aromatic rings. The van der Waals surface area contributed by atoms with Gasteiger partial charge in [0.2, 0.25) is 5.91 Å². The molecule has 9 heteroatoms. The molecule has 1 N–H and O–H groups in total. The Morgan fingerprint density at radius 1 is 1.21 bits per heavy atom. The zero-order valence-corrected chi connectivity index (χ0v) is 19.0. The maximum atomic E-state index is 13.1. The van der Waals surface area contributed by atoms with Crippen molar-refractivity contribution in [2.45, 2.75) is 19.5 Å². The number of nitrogens with one attached hydrogen (secondary N) is 1. The molecule has 0 unspecified atom stereocenters. The second-order valence-corrected chi connectivity index (χ2v) is 9.20. The Hall–Kier alpha value is -3.72. The maximum absolute atomic E-state index is 13.1. The van der Waals surface area contributed by atoms with Crippen LogP contribution >= 0.6 is 11.3 Å². The molecular weight excluding hydrogens is 434 g/mol. The van der Waals surface area contributed by atoms with E-state index in [-0.39, 0.29) is 11.9 Å². The summed E-state index contributed by atoms with van der Waals surface area (Å²) in [6.07, 6.45) is 5.55. The third-order valence-corrected chi connectivity index (χ3v) is 7.16. The van der Waals surface area contributed by atoms with Gasteiger partial charge in [0.05, 0.1) is 28.3 Å². The number of thiazole rings is 1. The first-order valence-corrected chi connectivity index (χ1v) is 11.9. The van der Waals surface area contributed by atoms with Gasteiger partial charge in [0.15, 0.2) is 5.82 Å². The number of benzene rings is 1. The van der Waals surface area contributed by atoms with Crippen molar-refractivity contribution in [3.8, 4) is 11.5 Å². The van der Waals surface area contributed by atoms with E-state index in [0.29, 0.717) is 13.1 Å². The van der Waals surface area contributed by atoms with E-state index in [9.17, 15) is 4.79 Å². The van der Waals surface area contributed by atoms with Crippen LogP contribution in [0.25, 0.3) is 33.5 Å². The van der Waals surface area contributed by atoms with Crippen LogP contribution in [0, 0.1) is 0 Å². The van der Waals surface area contributed by atoms with E-state index < -0.39 is 0 Å².